The lowest BCUT2D eigenvalue weighted by Gasteiger charge is -2.25. The van der Waals surface area contributed by atoms with Crippen molar-refractivity contribution in [1.82, 2.24) is 25.1 Å². The number of carbonyl (C=O) groups excluding carboxylic acids is 1. The average molecular weight is 361 g/mol. The van der Waals surface area contributed by atoms with Crippen molar-refractivity contribution in [2.24, 2.45) is 0 Å². The fourth-order valence-electron chi connectivity index (χ4n) is 3.57. The van der Waals surface area contributed by atoms with Gasteiger partial charge in [-0.1, -0.05) is 32.0 Å². The Morgan fingerprint density at radius 2 is 2.11 bits per heavy atom. The van der Waals surface area contributed by atoms with E-state index in [4.69, 9.17) is 0 Å². The molecule has 27 heavy (non-hydrogen) atoms. The maximum absolute atomic E-state index is 12.4. The summed E-state index contributed by atoms with van der Waals surface area (Å²) in [6, 6.07) is 9.94. The molecule has 1 aliphatic heterocycles. The third-order valence-corrected chi connectivity index (χ3v) is 4.94. The van der Waals surface area contributed by atoms with Crippen LogP contribution in [0.3, 0.4) is 0 Å². The molecule has 0 aliphatic carbocycles. The molecule has 0 saturated heterocycles. The van der Waals surface area contributed by atoms with Crippen molar-refractivity contribution in [3.05, 3.63) is 59.8 Å². The van der Waals surface area contributed by atoms with E-state index >= 15 is 0 Å². The summed E-state index contributed by atoms with van der Waals surface area (Å²) in [4.78, 5) is 16.8. The van der Waals surface area contributed by atoms with Crippen LogP contribution < -0.4 is 5.32 Å². The fourth-order valence-corrected chi connectivity index (χ4v) is 3.57. The molecular weight excluding hydrogens is 338 g/mol. The summed E-state index contributed by atoms with van der Waals surface area (Å²) in [6.07, 6.45) is 6.94. The van der Waals surface area contributed by atoms with Crippen molar-refractivity contribution >= 4 is 22.9 Å². The van der Waals surface area contributed by atoms with Crippen LogP contribution in [0.15, 0.2) is 42.6 Å². The van der Waals surface area contributed by atoms with Gasteiger partial charge in [0.25, 0.3) is 0 Å². The highest BCUT2D eigenvalue weighted by Crippen LogP contribution is 2.20. The Balaban J connectivity index is 1.45. The van der Waals surface area contributed by atoms with Gasteiger partial charge in [-0.05, 0) is 30.2 Å². The average Bonchev–Trinajstić information content (AvgIpc) is 3.10. The van der Waals surface area contributed by atoms with Crippen LogP contribution in [0.4, 0.5) is 0 Å². The molecule has 0 fully saturated rings. The topological polar surface area (TPSA) is 72.7 Å². The number of para-hydroxylation sites is 1. The van der Waals surface area contributed by atoms with Crippen LogP contribution in [-0.4, -0.2) is 31.7 Å². The number of pyridine rings is 1. The zero-order chi connectivity index (χ0) is 18.8. The first-order valence-corrected chi connectivity index (χ1v) is 9.36. The predicted octanol–water partition coefficient (Wildman–Crippen LogP) is 3.09. The van der Waals surface area contributed by atoms with Crippen LogP contribution in [0.2, 0.25) is 0 Å². The van der Waals surface area contributed by atoms with Crippen molar-refractivity contribution in [1.29, 1.82) is 0 Å². The van der Waals surface area contributed by atoms with E-state index < -0.39 is 0 Å². The first-order chi connectivity index (χ1) is 13.1. The first kappa shape index (κ1) is 17.4. The zero-order valence-electron chi connectivity index (χ0n) is 15.6. The third kappa shape index (κ3) is 3.60. The molecule has 6 nitrogen and oxygen atoms in total. The number of aromatic nitrogens is 4. The number of nitrogens with one attached hydrogen (secondary N) is 1. The van der Waals surface area contributed by atoms with Crippen LogP contribution in [-0.2, 0) is 17.8 Å². The molecule has 0 spiro atoms. The minimum atomic E-state index is -0.0801. The minimum absolute atomic E-state index is 0.0801. The van der Waals surface area contributed by atoms with Gasteiger partial charge in [0, 0.05) is 42.6 Å². The number of nitrogens with zero attached hydrogens (tertiary/aromatic N) is 4. The molecule has 2 aromatic heterocycles. The molecule has 1 unspecified atom stereocenters. The summed E-state index contributed by atoms with van der Waals surface area (Å²) in [6.45, 7) is 4.95. The SMILES string of the molecule is CC(C)c1nnc2n1CC(NC(=O)/C=C/c1ccnc3ccccc13)CC2. The van der Waals surface area contributed by atoms with Gasteiger partial charge in [-0.2, -0.15) is 0 Å². The predicted molar refractivity (Wildman–Crippen MR) is 105 cm³/mol. The number of aryl methyl sites for hydroxylation is 1. The third-order valence-electron chi connectivity index (χ3n) is 4.94. The summed E-state index contributed by atoms with van der Waals surface area (Å²) in [5.41, 5.74) is 1.91. The molecule has 0 saturated carbocycles. The summed E-state index contributed by atoms with van der Waals surface area (Å²) in [5, 5.41) is 12.7. The largest absolute Gasteiger partial charge is 0.348 e. The number of fused-ring (bicyclic) bond motifs is 2. The van der Waals surface area contributed by atoms with Crippen LogP contribution >= 0.6 is 0 Å². The number of hydrogen-bond acceptors (Lipinski definition) is 4. The Morgan fingerprint density at radius 3 is 2.96 bits per heavy atom. The fraction of sp³-hybridized carbons (Fsp3) is 0.333. The Morgan fingerprint density at radius 1 is 1.26 bits per heavy atom. The van der Waals surface area contributed by atoms with E-state index in [-0.39, 0.29) is 11.9 Å². The van der Waals surface area contributed by atoms with Gasteiger partial charge < -0.3 is 9.88 Å². The van der Waals surface area contributed by atoms with E-state index in [1.165, 1.54) is 0 Å². The van der Waals surface area contributed by atoms with E-state index in [0.717, 1.165) is 47.5 Å². The standard InChI is InChI=1S/C21H23N5O/c1-14(2)21-25-24-19-9-8-16(13-26(19)21)23-20(27)10-7-15-11-12-22-18-6-4-3-5-17(15)18/h3-7,10-12,14,16H,8-9,13H2,1-2H3,(H,23,27)/b10-7+. The van der Waals surface area contributed by atoms with Crippen molar-refractivity contribution in [3.63, 3.8) is 0 Å². The van der Waals surface area contributed by atoms with Crippen molar-refractivity contribution < 1.29 is 4.79 Å². The van der Waals surface area contributed by atoms with Gasteiger partial charge in [0.2, 0.25) is 5.91 Å². The highest BCUT2D eigenvalue weighted by atomic mass is 16.1. The number of amides is 1. The number of rotatable bonds is 4. The van der Waals surface area contributed by atoms with E-state index in [9.17, 15) is 4.79 Å². The molecule has 1 aliphatic rings. The first-order valence-electron chi connectivity index (χ1n) is 9.36. The molecule has 3 aromatic rings. The summed E-state index contributed by atoms with van der Waals surface area (Å²) < 4.78 is 2.15. The maximum Gasteiger partial charge on any atom is 0.244 e. The van der Waals surface area contributed by atoms with Crippen molar-refractivity contribution in [2.75, 3.05) is 0 Å². The lowest BCUT2D eigenvalue weighted by atomic mass is 10.1. The molecule has 0 bridgehead atoms. The second kappa shape index (κ2) is 7.31. The summed E-state index contributed by atoms with van der Waals surface area (Å²) >= 11 is 0. The van der Waals surface area contributed by atoms with E-state index in [1.807, 2.05) is 36.4 Å². The van der Waals surface area contributed by atoms with Gasteiger partial charge in [0.15, 0.2) is 0 Å². The summed E-state index contributed by atoms with van der Waals surface area (Å²) in [7, 11) is 0. The molecule has 1 atom stereocenters. The van der Waals surface area contributed by atoms with Gasteiger partial charge in [-0.25, -0.2) is 0 Å². The lowest BCUT2D eigenvalue weighted by molar-refractivity contribution is -0.117. The zero-order valence-corrected chi connectivity index (χ0v) is 15.6. The van der Waals surface area contributed by atoms with Crippen LogP contribution in [0.25, 0.3) is 17.0 Å². The molecule has 138 valence electrons. The Bertz CT molecular complexity index is 999. The van der Waals surface area contributed by atoms with Gasteiger partial charge in [0.05, 0.1) is 5.52 Å². The maximum atomic E-state index is 12.4. The molecule has 0 radical (unpaired) electrons. The van der Waals surface area contributed by atoms with Crippen LogP contribution in [0.5, 0.6) is 0 Å². The van der Waals surface area contributed by atoms with E-state index in [2.05, 4.69) is 38.9 Å². The molecule has 4 rings (SSSR count). The highest BCUT2D eigenvalue weighted by Gasteiger charge is 2.24. The van der Waals surface area contributed by atoms with E-state index in [0.29, 0.717) is 5.92 Å². The quantitative estimate of drug-likeness (QED) is 0.725. The number of benzene rings is 1. The Kier molecular flexibility index (Phi) is 4.71. The molecule has 1 amide bonds. The molecule has 6 heteroatoms. The second-order valence-corrected chi connectivity index (χ2v) is 7.23. The van der Waals surface area contributed by atoms with Gasteiger partial charge >= 0.3 is 0 Å². The molecule has 3 heterocycles. The molecular formula is C21H23N5O. The van der Waals surface area contributed by atoms with Gasteiger partial charge in [-0.15, -0.1) is 10.2 Å². The smallest absolute Gasteiger partial charge is 0.244 e. The lowest BCUT2D eigenvalue weighted by Crippen LogP contribution is -2.40. The highest BCUT2D eigenvalue weighted by molar-refractivity contribution is 5.95. The summed E-state index contributed by atoms with van der Waals surface area (Å²) in [5.74, 6) is 2.25. The Hall–Kier alpha value is -3.02. The van der Waals surface area contributed by atoms with E-state index in [1.54, 1.807) is 12.3 Å². The normalized spacial score (nSPS) is 16.8. The van der Waals surface area contributed by atoms with Crippen molar-refractivity contribution in [3.8, 4) is 0 Å². The number of carbonyl (C=O) groups is 1. The van der Waals surface area contributed by atoms with Crippen molar-refractivity contribution in [2.45, 2.75) is 45.2 Å². The van der Waals surface area contributed by atoms with Gasteiger partial charge in [0.1, 0.15) is 11.6 Å². The minimum Gasteiger partial charge on any atom is -0.348 e. The molecule has 1 aromatic carbocycles. The van der Waals surface area contributed by atoms with Gasteiger partial charge in [-0.3, -0.25) is 9.78 Å². The van der Waals surface area contributed by atoms with Crippen LogP contribution in [0, 0.1) is 0 Å². The molecule has 1 N–H and O–H groups in total. The number of hydrogen-bond donors (Lipinski definition) is 1. The monoisotopic (exact) mass is 361 g/mol. The Labute approximate surface area is 158 Å². The van der Waals surface area contributed by atoms with Crippen LogP contribution in [0.1, 0.15) is 43.4 Å². The second-order valence-electron chi connectivity index (χ2n) is 7.23.